The highest BCUT2D eigenvalue weighted by Crippen LogP contribution is 2.31. The van der Waals surface area contributed by atoms with E-state index in [0.717, 1.165) is 12.3 Å². The van der Waals surface area contributed by atoms with Crippen molar-refractivity contribution in [3.8, 4) is 5.75 Å². The van der Waals surface area contributed by atoms with Gasteiger partial charge >= 0.3 is 5.69 Å². The van der Waals surface area contributed by atoms with Crippen LogP contribution in [0.4, 0.5) is 22.9 Å². The highest BCUT2D eigenvalue weighted by Gasteiger charge is 2.21. The number of nitrogens with zero attached hydrogens (tertiary/aromatic N) is 3. The Morgan fingerprint density at radius 3 is 2.45 bits per heavy atom. The summed E-state index contributed by atoms with van der Waals surface area (Å²) >= 11 is 0. The predicted octanol–water partition coefficient (Wildman–Crippen LogP) is 2.35. The minimum atomic E-state index is -0.789. The Hall–Kier alpha value is -3.23. The Labute approximate surface area is 111 Å². The van der Waals surface area contributed by atoms with Gasteiger partial charge in [-0.1, -0.05) is 12.1 Å². The summed E-state index contributed by atoms with van der Waals surface area (Å²) in [5.74, 6) is -0.316. The van der Waals surface area contributed by atoms with Crippen LogP contribution in [-0.2, 0) is 0 Å². The van der Waals surface area contributed by atoms with Gasteiger partial charge in [0, 0.05) is 0 Å². The van der Waals surface area contributed by atoms with Crippen molar-refractivity contribution in [1.29, 1.82) is 0 Å². The molecule has 9 nitrogen and oxygen atoms in total. The Morgan fingerprint density at radius 2 is 1.85 bits per heavy atom. The summed E-state index contributed by atoms with van der Waals surface area (Å²) in [7, 11) is 0. The molecule has 0 aliphatic rings. The number of phenolic OH excluding ortho intramolecular Hbond substituents is 1. The number of anilines is 2. The molecule has 0 spiro atoms. The van der Waals surface area contributed by atoms with Crippen molar-refractivity contribution in [1.82, 2.24) is 4.98 Å². The van der Waals surface area contributed by atoms with Crippen LogP contribution in [0.1, 0.15) is 0 Å². The van der Waals surface area contributed by atoms with Crippen LogP contribution in [0.5, 0.6) is 5.75 Å². The lowest BCUT2D eigenvalue weighted by Crippen LogP contribution is -2.01. The summed E-state index contributed by atoms with van der Waals surface area (Å²) in [5.41, 5.74) is -0.834. The van der Waals surface area contributed by atoms with E-state index in [1.807, 2.05) is 0 Å². The first-order valence-corrected chi connectivity index (χ1v) is 5.33. The molecule has 102 valence electrons. The Morgan fingerprint density at radius 1 is 1.15 bits per heavy atom. The van der Waals surface area contributed by atoms with Gasteiger partial charge in [-0.25, -0.2) is 4.98 Å². The number of nitrogens with one attached hydrogen (secondary N) is 1. The van der Waals surface area contributed by atoms with E-state index in [1.165, 1.54) is 12.1 Å². The lowest BCUT2D eigenvalue weighted by Gasteiger charge is -2.07. The van der Waals surface area contributed by atoms with E-state index in [0.29, 0.717) is 0 Å². The maximum atomic E-state index is 10.9. The van der Waals surface area contributed by atoms with Crippen molar-refractivity contribution in [2.24, 2.45) is 0 Å². The minimum absolute atomic E-state index is 0.123. The number of nitro groups is 2. The fourth-order valence-corrected chi connectivity index (χ4v) is 1.48. The average molecular weight is 276 g/mol. The molecule has 0 aliphatic heterocycles. The molecule has 2 rings (SSSR count). The van der Waals surface area contributed by atoms with Gasteiger partial charge in [-0.2, -0.15) is 0 Å². The molecule has 0 atom stereocenters. The molecule has 1 aromatic carbocycles. The molecule has 20 heavy (non-hydrogen) atoms. The Bertz CT molecular complexity index is 688. The van der Waals surface area contributed by atoms with Crippen molar-refractivity contribution in [3.63, 3.8) is 0 Å². The van der Waals surface area contributed by atoms with Gasteiger partial charge in [0.15, 0.2) is 0 Å². The van der Waals surface area contributed by atoms with Crippen LogP contribution in [0, 0.1) is 20.2 Å². The quantitative estimate of drug-likeness (QED) is 0.497. The van der Waals surface area contributed by atoms with Crippen molar-refractivity contribution in [3.05, 3.63) is 56.8 Å². The van der Waals surface area contributed by atoms with Crippen LogP contribution in [0.25, 0.3) is 0 Å². The van der Waals surface area contributed by atoms with Gasteiger partial charge in [-0.05, 0) is 12.1 Å². The van der Waals surface area contributed by atoms with Gasteiger partial charge in [0.2, 0.25) is 5.82 Å². The van der Waals surface area contributed by atoms with E-state index in [1.54, 1.807) is 12.1 Å². The zero-order valence-corrected chi connectivity index (χ0v) is 9.89. The topological polar surface area (TPSA) is 131 Å². The standard InChI is InChI=1S/C11H8N4O5/c16-10-4-2-1-3-8(10)13-11-9(15(19)20)5-7(6-12-11)14(17)18/h1-6,16H,(H,12,13). The third-order valence-electron chi connectivity index (χ3n) is 2.42. The first-order chi connectivity index (χ1) is 9.49. The van der Waals surface area contributed by atoms with Gasteiger partial charge in [-0.3, -0.25) is 20.2 Å². The van der Waals surface area contributed by atoms with Crippen LogP contribution in [0.3, 0.4) is 0 Å². The summed E-state index contributed by atoms with van der Waals surface area (Å²) in [6.45, 7) is 0. The molecule has 0 radical (unpaired) electrons. The smallest absolute Gasteiger partial charge is 0.318 e. The number of hydrogen-bond donors (Lipinski definition) is 2. The van der Waals surface area contributed by atoms with Gasteiger partial charge in [-0.15, -0.1) is 0 Å². The molecule has 0 aliphatic carbocycles. The van der Waals surface area contributed by atoms with Crippen LogP contribution in [0.2, 0.25) is 0 Å². The third kappa shape index (κ3) is 2.61. The lowest BCUT2D eigenvalue weighted by atomic mass is 10.3. The molecule has 1 heterocycles. The van der Waals surface area contributed by atoms with Crippen LogP contribution in [0.15, 0.2) is 36.5 Å². The van der Waals surface area contributed by atoms with E-state index in [9.17, 15) is 25.3 Å². The van der Waals surface area contributed by atoms with E-state index in [-0.39, 0.29) is 17.3 Å². The summed E-state index contributed by atoms with van der Waals surface area (Å²) in [6.07, 6.45) is 0.898. The van der Waals surface area contributed by atoms with Gasteiger partial charge in [0.1, 0.15) is 11.9 Å². The molecular weight excluding hydrogens is 268 g/mol. The van der Waals surface area contributed by atoms with E-state index < -0.39 is 21.2 Å². The maximum Gasteiger partial charge on any atom is 0.318 e. The molecule has 0 bridgehead atoms. The number of hydrogen-bond acceptors (Lipinski definition) is 7. The molecule has 2 N–H and O–H groups in total. The second-order valence-corrected chi connectivity index (χ2v) is 3.72. The Kier molecular flexibility index (Phi) is 3.42. The highest BCUT2D eigenvalue weighted by atomic mass is 16.6. The second-order valence-electron chi connectivity index (χ2n) is 3.72. The largest absolute Gasteiger partial charge is 0.506 e. The summed E-state index contributed by atoms with van der Waals surface area (Å²) in [4.78, 5) is 23.6. The molecule has 0 fully saturated rings. The van der Waals surface area contributed by atoms with Crippen LogP contribution in [-0.4, -0.2) is 19.9 Å². The fourth-order valence-electron chi connectivity index (χ4n) is 1.48. The molecule has 9 heteroatoms. The van der Waals surface area contributed by atoms with Crippen molar-refractivity contribution < 1.29 is 15.0 Å². The van der Waals surface area contributed by atoms with E-state index in [4.69, 9.17) is 0 Å². The molecule has 1 aromatic heterocycles. The second kappa shape index (κ2) is 5.18. The van der Waals surface area contributed by atoms with E-state index >= 15 is 0 Å². The van der Waals surface area contributed by atoms with E-state index in [2.05, 4.69) is 10.3 Å². The number of aromatic nitrogens is 1. The number of rotatable bonds is 4. The number of aromatic hydroxyl groups is 1. The van der Waals surface area contributed by atoms with Crippen molar-refractivity contribution >= 4 is 22.9 Å². The van der Waals surface area contributed by atoms with Crippen molar-refractivity contribution in [2.45, 2.75) is 0 Å². The molecule has 0 unspecified atom stereocenters. The summed E-state index contributed by atoms with van der Waals surface area (Å²) in [5, 5.41) is 33.6. The van der Waals surface area contributed by atoms with Gasteiger partial charge < -0.3 is 10.4 Å². The average Bonchev–Trinajstić information content (AvgIpc) is 2.41. The number of phenols is 1. The minimum Gasteiger partial charge on any atom is -0.506 e. The van der Waals surface area contributed by atoms with Crippen LogP contribution < -0.4 is 5.32 Å². The SMILES string of the molecule is O=[N+]([O-])c1cnc(Nc2ccccc2O)c([N+](=O)[O-])c1. The third-order valence-corrected chi connectivity index (χ3v) is 2.42. The number of benzene rings is 1. The molecular formula is C11H8N4O5. The molecule has 2 aromatic rings. The normalized spacial score (nSPS) is 10.0. The predicted molar refractivity (Wildman–Crippen MR) is 68.9 cm³/mol. The zero-order chi connectivity index (χ0) is 14.7. The van der Waals surface area contributed by atoms with Gasteiger partial charge in [0.25, 0.3) is 5.69 Å². The maximum absolute atomic E-state index is 10.9. The number of pyridine rings is 1. The fraction of sp³-hybridized carbons (Fsp3) is 0. The van der Waals surface area contributed by atoms with Gasteiger partial charge in [0.05, 0.1) is 21.6 Å². The zero-order valence-electron chi connectivity index (χ0n) is 9.89. The lowest BCUT2D eigenvalue weighted by molar-refractivity contribution is -0.394. The monoisotopic (exact) mass is 276 g/mol. The molecule has 0 amide bonds. The number of para-hydroxylation sites is 2. The first-order valence-electron chi connectivity index (χ1n) is 5.33. The summed E-state index contributed by atoms with van der Waals surface area (Å²) < 4.78 is 0. The first kappa shape index (κ1) is 13.2. The van der Waals surface area contributed by atoms with Crippen LogP contribution >= 0.6 is 0 Å². The Balaban J connectivity index is 2.44. The molecule has 0 saturated heterocycles. The van der Waals surface area contributed by atoms with Crippen molar-refractivity contribution in [2.75, 3.05) is 5.32 Å². The highest BCUT2D eigenvalue weighted by molar-refractivity contribution is 5.70. The molecule has 0 saturated carbocycles. The summed E-state index contributed by atoms with van der Waals surface area (Å²) in [6, 6.07) is 6.87.